The summed E-state index contributed by atoms with van der Waals surface area (Å²) in [5.74, 6) is -2.18. The quantitative estimate of drug-likeness (QED) is 0.690. The number of aliphatic carboxylic acids is 1. The number of rotatable bonds is 7. The highest BCUT2D eigenvalue weighted by Crippen LogP contribution is 2.51. The number of hydrogen-bond donors (Lipinski definition) is 1. The Morgan fingerprint density at radius 1 is 1.37 bits per heavy atom. The largest absolute Gasteiger partial charge is 0.480 e. The van der Waals surface area contributed by atoms with Crippen molar-refractivity contribution in [1.29, 1.82) is 0 Å². The fraction of sp³-hybridized carbons (Fsp3) is 0.833. The molecular formula is C12H18O6S. The summed E-state index contributed by atoms with van der Waals surface area (Å²) in [6.45, 7) is 0. The van der Waals surface area contributed by atoms with Crippen LogP contribution in [0.15, 0.2) is 0 Å². The lowest BCUT2D eigenvalue weighted by Gasteiger charge is -2.18. The molecule has 2 aliphatic rings. The predicted molar refractivity (Wildman–Crippen MR) is 66.2 cm³/mol. The molecule has 0 aromatic carbocycles. The number of carbonyl (C=O) groups is 2. The number of ether oxygens (including phenoxy) is 1. The standard InChI is InChI=1S/C12H18O6S/c1-18-9(13)6-12(4-5-12)7-19(16,17)10(11(14)15)8-2-3-8/h8,10H,2-7H2,1H3,(H,14,15). The van der Waals surface area contributed by atoms with Gasteiger partial charge in [0.15, 0.2) is 15.1 Å². The van der Waals surface area contributed by atoms with Crippen LogP contribution in [0.5, 0.6) is 0 Å². The maximum absolute atomic E-state index is 12.2. The molecule has 6 nitrogen and oxygen atoms in total. The number of carboxylic acids is 1. The fourth-order valence-corrected chi connectivity index (χ4v) is 5.08. The van der Waals surface area contributed by atoms with E-state index in [1.165, 1.54) is 7.11 Å². The van der Waals surface area contributed by atoms with Crippen molar-refractivity contribution in [3.63, 3.8) is 0 Å². The molecule has 108 valence electrons. The molecule has 1 N–H and O–H groups in total. The van der Waals surface area contributed by atoms with Gasteiger partial charge < -0.3 is 9.84 Å². The summed E-state index contributed by atoms with van der Waals surface area (Å²) < 4.78 is 29.1. The van der Waals surface area contributed by atoms with Gasteiger partial charge in [0.05, 0.1) is 19.3 Å². The lowest BCUT2D eigenvalue weighted by atomic mass is 10.1. The lowest BCUT2D eigenvalue weighted by Crippen LogP contribution is -2.37. The van der Waals surface area contributed by atoms with Crippen molar-refractivity contribution in [2.75, 3.05) is 12.9 Å². The molecule has 19 heavy (non-hydrogen) atoms. The highest BCUT2D eigenvalue weighted by molar-refractivity contribution is 7.92. The molecule has 0 bridgehead atoms. The zero-order valence-corrected chi connectivity index (χ0v) is 11.6. The lowest BCUT2D eigenvalue weighted by molar-refractivity contribution is -0.141. The smallest absolute Gasteiger partial charge is 0.322 e. The van der Waals surface area contributed by atoms with E-state index in [2.05, 4.69) is 4.74 Å². The van der Waals surface area contributed by atoms with Gasteiger partial charge in [-0.3, -0.25) is 9.59 Å². The summed E-state index contributed by atoms with van der Waals surface area (Å²) in [5.41, 5.74) is -0.589. The van der Waals surface area contributed by atoms with Gasteiger partial charge in [-0.15, -0.1) is 0 Å². The predicted octanol–water partition coefficient (Wildman–Crippen LogP) is 0.608. The van der Waals surface area contributed by atoms with Gasteiger partial charge in [0, 0.05) is 0 Å². The third-order valence-corrected chi connectivity index (χ3v) is 6.27. The Morgan fingerprint density at radius 2 is 1.95 bits per heavy atom. The molecule has 0 heterocycles. The van der Waals surface area contributed by atoms with E-state index in [1.807, 2.05) is 0 Å². The highest BCUT2D eigenvalue weighted by Gasteiger charge is 2.53. The Hall–Kier alpha value is -1.11. The van der Waals surface area contributed by atoms with E-state index in [0.717, 1.165) is 0 Å². The average Bonchev–Trinajstić information content (AvgIpc) is 3.16. The fourth-order valence-electron chi connectivity index (χ4n) is 2.49. The number of methoxy groups -OCH3 is 1. The van der Waals surface area contributed by atoms with E-state index < -0.39 is 32.4 Å². The molecule has 0 aromatic heterocycles. The number of hydrogen-bond acceptors (Lipinski definition) is 5. The van der Waals surface area contributed by atoms with Crippen molar-refractivity contribution in [3.05, 3.63) is 0 Å². The Bertz CT molecular complexity index is 486. The minimum atomic E-state index is -3.71. The molecule has 2 fully saturated rings. The Labute approximate surface area is 112 Å². The molecule has 7 heteroatoms. The second-order valence-corrected chi connectivity index (χ2v) is 7.78. The van der Waals surface area contributed by atoms with Crippen molar-refractivity contribution in [1.82, 2.24) is 0 Å². The number of carboxylic acid groups (broad SMARTS) is 1. The van der Waals surface area contributed by atoms with Gasteiger partial charge in [-0.1, -0.05) is 0 Å². The topological polar surface area (TPSA) is 97.7 Å². The molecule has 1 atom stereocenters. The monoisotopic (exact) mass is 290 g/mol. The number of carbonyl (C=O) groups excluding carboxylic acids is 1. The summed E-state index contributed by atoms with van der Waals surface area (Å²) in [4.78, 5) is 22.4. The van der Waals surface area contributed by atoms with E-state index in [4.69, 9.17) is 5.11 Å². The second-order valence-electron chi connectivity index (χ2n) is 5.66. The van der Waals surface area contributed by atoms with Gasteiger partial charge in [0.25, 0.3) is 0 Å². The van der Waals surface area contributed by atoms with Crippen molar-refractivity contribution < 1.29 is 27.9 Å². The maximum atomic E-state index is 12.2. The molecule has 2 saturated carbocycles. The van der Waals surface area contributed by atoms with Crippen LogP contribution in [0.1, 0.15) is 32.1 Å². The molecule has 1 unspecified atom stereocenters. The molecule has 0 aliphatic heterocycles. The SMILES string of the molecule is COC(=O)CC1(CS(=O)(=O)C(C(=O)O)C2CC2)CC1. The maximum Gasteiger partial charge on any atom is 0.322 e. The molecule has 0 saturated heterocycles. The van der Waals surface area contributed by atoms with Crippen molar-refractivity contribution >= 4 is 21.8 Å². The number of esters is 1. The molecule has 0 radical (unpaired) electrons. The summed E-state index contributed by atoms with van der Waals surface area (Å²) in [7, 11) is -2.45. The van der Waals surface area contributed by atoms with Gasteiger partial charge in [-0.2, -0.15) is 0 Å². The summed E-state index contributed by atoms with van der Waals surface area (Å²) in [6, 6.07) is 0. The second kappa shape index (κ2) is 4.77. The van der Waals surface area contributed by atoms with Gasteiger partial charge in [-0.05, 0) is 37.0 Å². The van der Waals surface area contributed by atoms with Gasteiger partial charge in [0.1, 0.15) is 0 Å². The van der Waals surface area contributed by atoms with Crippen LogP contribution < -0.4 is 0 Å². The van der Waals surface area contributed by atoms with Gasteiger partial charge in [-0.25, -0.2) is 8.42 Å². The average molecular weight is 290 g/mol. The minimum Gasteiger partial charge on any atom is -0.480 e. The molecule has 2 aliphatic carbocycles. The van der Waals surface area contributed by atoms with Gasteiger partial charge in [0.2, 0.25) is 0 Å². The van der Waals surface area contributed by atoms with Crippen molar-refractivity contribution in [3.8, 4) is 0 Å². The van der Waals surface area contributed by atoms with Crippen LogP contribution in [0.4, 0.5) is 0 Å². The third kappa shape index (κ3) is 3.26. The molecule has 2 rings (SSSR count). The van der Waals surface area contributed by atoms with Crippen LogP contribution in [0, 0.1) is 11.3 Å². The Balaban J connectivity index is 2.08. The van der Waals surface area contributed by atoms with Crippen LogP contribution in [0.3, 0.4) is 0 Å². The minimum absolute atomic E-state index is 0.0553. The first-order chi connectivity index (χ1) is 8.80. The molecule has 0 amide bonds. The number of sulfone groups is 1. The van der Waals surface area contributed by atoms with Crippen molar-refractivity contribution in [2.45, 2.75) is 37.4 Å². The van der Waals surface area contributed by atoms with E-state index >= 15 is 0 Å². The summed E-state index contributed by atoms with van der Waals surface area (Å²) >= 11 is 0. The Morgan fingerprint density at radius 3 is 2.32 bits per heavy atom. The van der Waals surface area contributed by atoms with E-state index in [1.54, 1.807) is 0 Å². The third-order valence-electron chi connectivity index (χ3n) is 3.89. The molecule has 0 spiro atoms. The van der Waals surface area contributed by atoms with E-state index in [0.29, 0.717) is 25.7 Å². The van der Waals surface area contributed by atoms with Crippen molar-refractivity contribution in [2.24, 2.45) is 11.3 Å². The first-order valence-electron chi connectivity index (χ1n) is 6.31. The van der Waals surface area contributed by atoms with Gasteiger partial charge >= 0.3 is 11.9 Å². The van der Waals surface area contributed by atoms with E-state index in [-0.39, 0.29) is 18.1 Å². The zero-order valence-electron chi connectivity index (χ0n) is 10.8. The first-order valence-corrected chi connectivity index (χ1v) is 8.02. The molecular weight excluding hydrogens is 272 g/mol. The van der Waals surface area contributed by atoms with Crippen LogP contribution in [0.25, 0.3) is 0 Å². The first kappa shape index (κ1) is 14.3. The summed E-state index contributed by atoms with van der Waals surface area (Å²) in [6.07, 6.45) is 2.64. The van der Waals surface area contributed by atoms with Crippen LogP contribution in [-0.4, -0.2) is 43.6 Å². The van der Waals surface area contributed by atoms with Crippen LogP contribution >= 0.6 is 0 Å². The molecule has 0 aromatic rings. The highest BCUT2D eigenvalue weighted by atomic mass is 32.2. The summed E-state index contributed by atoms with van der Waals surface area (Å²) in [5, 5.41) is 7.79. The Kier molecular flexibility index (Phi) is 3.59. The van der Waals surface area contributed by atoms with Crippen LogP contribution in [0.2, 0.25) is 0 Å². The zero-order chi connectivity index (χ0) is 14.3. The van der Waals surface area contributed by atoms with E-state index in [9.17, 15) is 18.0 Å². The van der Waals surface area contributed by atoms with Crippen LogP contribution in [-0.2, 0) is 24.2 Å². The normalized spacial score (nSPS) is 22.6.